The van der Waals surface area contributed by atoms with Crippen LogP contribution in [-0.4, -0.2) is 32.8 Å². The summed E-state index contributed by atoms with van der Waals surface area (Å²) in [7, 11) is 0. The average Bonchev–Trinajstić information content (AvgIpc) is 3.00. The normalized spacial score (nSPS) is 22.1. The number of benzene rings is 1. The maximum absolute atomic E-state index is 13.3. The Morgan fingerprint density at radius 3 is 2.58 bits per heavy atom. The zero-order valence-electron chi connectivity index (χ0n) is 14.3. The van der Waals surface area contributed by atoms with Crippen molar-refractivity contribution in [2.24, 2.45) is 0 Å². The third kappa shape index (κ3) is 2.93. The van der Waals surface area contributed by atoms with Crippen molar-refractivity contribution in [1.82, 2.24) is 14.7 Å². The second-order valence-corrected chi connectivity index (χ2v) is 7.00. The minimum absolute atomic E-state index is 0.104. The van der Waals surface area contributed by atoms with Crippen LogP contribution in [0, 0.1) is 6.92 Å². The van der Waals surface area contributed by atoms with Crippen molar-refractivity contribution in [1.29, 1.82) is 0 Å². The minimum Gasteiger partial charge on any atom is -0.318 e. The number of urea groups is 1. The summed E-state index contributed by atoms with van der Waals surface area (Å²) in [5.41, 5.74) is 0.184. The van der Waals surface area contributed by atoms with Gasteiger partial charge in [-0.15, -0.1) is 0 Å². The van der Waals surface area contributed by atoms with Gasteiger partial charge < -0.3 is 10.2 Å². The molecule has 1 aromatic heterocycles. The third-order valence-corrected chi connectivity index (χ3v) is 5.15. The first kappa shape index (κ1) is 16.9. The number of piperidine rings is 1. The summed E-state index contributed by atoms with van der Waals surface area (Å²) in [6.45, 7) is 1.75. The highest BCUT2D eigenvalue weighted by Gasteiger charge is 2.44. The molecule has 1 N–H and O–H groups in total. The Balaban J connectivity index is 1.62. The van der Waals surface area contributed by atoms with E-state index >= 15 is 0 Å². The molecule has 2 bridgehead atoms. The SMILES string of the molecule is Cc1cnn(-c2cc(NC(=O)N3C4CCCC3C4)ccc2C(F)(F)F)c1. The number of fused-ring (bicyclic) bond motifs is 2. The van der Waals surface area contributed by atoms with Gasteiger partial charge in [-0.3, -0.25) is 0 Å². The lowest BCUT2D eigenvalue weighted by molar-refractivity contribution is -0.137. The number of rotatable bonds is 2. The lowest BCUT2D eigenvalue weighted by Crippen LogP contribution is -2.62. The van der Waals surface area contributed by atoms with E-state index in [0.29, 0.717) is 5.69 Å². The topological polar surface area (TPSA) is 50.2 Å². The van der Waals surface area contributed by atoms with Gasteiger partial charge in [-0.05, 0) is 56.4 Å². The predicted octanol–water partition coefficient (Wildman–Crippen LogP) is 4.36. The van der Waals surface area contributed by atoms with Crippen molar-refractivity contribution in [3.8, 4) is 5.69 Å². The largest absolute Gasteiger partial charge is 0.418 e. The highest BCUT2D eigenvalue weighted by atomic mass is 19.4. The van der Waals surface area contributed by atoms with Crippen molar-refractivity contribution in [2.45, 2.75) is 50.9 Å². The molecule has 26 heavy (non-hydrogen) atoms. The van der Waals surface area contributed by atoms with Gasteiger partial charge in [0.25, 0.3) is 0 Å². The number of nitrogens with one attached hydrogen (secondary N) is 1. The summed E-state index contributed by atoms with van der Waals surface area (Å²) in [6.07, 6.45) is 2.65. The molecule has 1 aromatic carbocycles. The molecule has 2 amide bonds. The van der Waals surface area contributed by atoms with E-state index in [-0.39, 0.29) is 23.8 Å². The van der Waals surface area contributed by atoms with Crippen molar-refractivity contribution < 1.29 is 18.0 Å². The number of halogens is 3. The molecule has 0 radical (unpaired) electrons. The number of hydrogen-bond acceptors (Lipinski definition) is 2. The number of nitrogens with zero attached hydrogens (tertiary/aromatic N) is 3. The molecular formula is C18H19F3N4O. The van der Waals surface area contributed by atoms with Gasteiger partial charge in [0.15, 0.2) is 0 Å². The lowest BCUT2D eigenvalue weighted by Gasteiger charge is -2.52. The van der Waals surface area contributed by atoms with E-state index in [4.69, 9.17) is 0 Å². The second-order valence-electron chi connectivity index (χ2n) is 7.00. The zero-order valence-corrected chi connectivity index (χ0v) is 14.3. The third-order valence-electron chi connectivity index (χ3n) is 5.15. The molecule has 2 aromatic rings. The minimum atomic E-state index is -4.51. The predicted molar refractivity (Wildman–Crippen MR) is 90.2 cm³/mol. The fourth-order valence-corrected chi connectivity index (χ4v) is 3.91. The standard InChI is InChI=1S/C18H19F3N4O/c1-11-9-22-24(10-11)16-7-12(5-6-15(16)18(19,20)21)23-17(26)25-13-3-2-4-14(25)8-13/h5-7,9-10,13-14H,2-4,8H2,1H3,(H,23,26). The molecule has 0 saturated carbocycles. The molecule has 138 valence electrons. The molecular weight excluding hydrogens is 345 g/mol. The van der Waals surface area contributed by atoms with Crippen molar-refractivity contribution in [3.05, 3.63) is 41.7 Å². The van der Waals surface area contributed by atoms with Crippen LogP contribution < -0.4 is 5.32 Å². The highest BCUT2D eigenvalue weighted by molar-refractivity contribution is 5.91. The van der Waals surface area contributed by atoms with E-state index in [1.807, 2.05) is 4.90 Å². The Hall–Kier alpha value is -2.51. The van der Waals surface area contributed by atoms with Crippen molar-refractivity contribution >= 4 is 11.7 Å². The monoisotopic (exact) mass is 364 g/mol. The van der Waals surface area contributed by atoms with Crippen LogP contribution in [0.25, 0.3) is 5.69 Å². The molecule has 2 unspecified atom stereocenters. The van der Waals surface area contributed by atoms with E-state index in [2.05, 4.69) is 10.4 Å². The van der Waals surface area contributed by atoms with Crippen LogP contribution >= 0.6 is 0 Å². The van der Waals surface area contributed by atoms with Gasteiger partial charge in [0, 0.05) is 24.0 Å². The summed E-state index contributed by atoms with van der Waals surface area (Å²) in [6, 6.07) is 3.87. The van der Waals surface area contributed by atoms with Gasteiger partial charge in [-0.1, -0.05) is 0 Å². The summed E-state index contributed by atoms with van der Waals surface area (Å²) >= 11 is 0. The van der Waals surface area contributed by atoms with E-state index in [0.717, 1.165) is 37.3 Å². The summed E-state index contributed by atoms with van der Waals surface area (Å²) in [5.74, 6) is 0. The summed E-state index contributed by atoms with van der Waals surface area (Å²) < 4.78 is 41.2. The first-order valence-corrected chi connectivity index (χ1v) is 8.65. The fraction of sp³-hybridized carbons (Fsp3) is 0.444. The zero-order chi connectivity index (χ0) is 18.5. The van der Waals surface area contributed by atoms with E-state index < -0.39 is 11.7 Å². The van der Waals surface area contributed by atoms with Crippen LogP contribution in [0.1, 0.15) is 36.8 Å². The molecule has 2 aliphatic heterocycles. The number of carbonyl (C=O) groups excluding carboxylic acids is 1. The quantitative estimate of drug-likeness (QED) is 0.861. The van der Waals surface area contributed by atoms with Gasteiger partial charge in [0.1, 0.15) is 0 Å². The van der Waals surface area contributed by atoms with Gasteiger partial charge >= 0.3 is 12.2 Å². The molecule has 3 heterocycles. The molecule has 2 atom stereocenters. The number of aryl methyl sites for hydroxylation is 1. The number of anilines is 1. The van der Waals surface area contributed by atoms with E-state index in [1.54, 1.807) is 6.92 Å². The number of hydrogen-bond donors (Lipinski definition) is 1. The summed E-state index contributed by atoms with van der Waals surface area (Å²) in [4.78, 5) is 14.3. The first-order valence-electron chi connectivity index (χ1n) is 8.65. The Morgan fingerprint density at radius 2 is 2.00 bits per heavy atom. The smallest absolute Gasteiger partial charge is 0.318 e. The molecule has 5 nitrogen and oxygen atoms in total. The fourth-order valence-electron chi connectivity index (χ4n) is 3.91. The van der Waals surface area contributed by atoms with Crippen LogP contribution in [0.15, 0.2) is 30.6 Å². The molecule has 0 aliphatic carbocycles. The second kappa shape index (κ2) is 6.03. The molecule has 2 fully saturated rings. The average molecular weight is 364 g/mol. The summed E-state index contributed by atoms with van der Waals surface area (Å²) in [5, 5.41) is 6.73. The van der Waals surface area contributed by atoms with Crippen molar-refractivity contribution in [3.63, 3.8) is 0 Å². The first-order chi connectivity index (χ1) is 12.3. The van der Waals surface area contributed by atoms with Crippen LogP contribution in [0.4, 0.5) is 23.7 Å². The molecule has 4 rings (SSSR count). The van der Waals surface area contributed by atoms with Crippen LogP contribution in [0.3, 0.4) is 0 Å². The van der Waals surface area contributed by atoms with Gasteiger partial charge in [-0.2, -0.15) is 18.3 Å². The lowest BCUT2D eigenvalue weighted by atomic mass is 9.80. The van der Waals surface area contributed by atoms with Gasteiger partial charge in [0.2, 0.25) is 0 Å². The number of alkyl halides is 3. The van der Waals surface area contributed by atoms with E-state index in [9.17, 15) is 18.0 Å². The van der Waals surface area contributed by atoms with Crippen molar-refractivity contribution in [2.75, 3.05) is 5.32 Å². The molecule has 8 heteroatoms. The maximum Gasteiger partial charge on any atom is 0.418 e. The van der Waals surface area contributed by atoms with Crippen LogP contribution in [0.5, 0.6) is 0 Å². The number of carbonyl (C=O) groups is 1. The van der Waals surface area contributed by atoms with Gasteiger partial charge in [-0.25, -0.2) is 9.48 Å². The van der Waals surface area contributed by atoms with E-state index in [1.165, 1.54) is 29.2 Å². The Kier molecular flexibility index (Phi) is 3.93. The van der Waals surface area contributed by atoms with Crippen LogP contribution in [0.2, 0.25) is 0 Å². The molecule has 2 aliphatic rings. The Morgan fingerprint density at radius 1 is 1.27 bits per heavy atom. The van der Waals surface area contributed by atoms with Gasteiger partial charge in [0.05, 0.1) is 17.4 Å². The molecule has 2 saturated heterocycles. The van der Waals surface area contributed by atoms with Crippen LogP contribution in [-0.2, 0) is 6.18 Å². The highest BCUT2D eigenvalue weighted by Crippen LogP contribution is 2.39. The maximum atomic E-state index is 13.3. The molecule has 0 spiro atoms. The Bertz CT molecular complexity index is 831. The number of amides is 2. The number of aromatic nitrogens is 2. The Labute approximate surface area is 148 Å².